The third-order valence-electron chi connectivity index (χ3n) is 5.16. The molecule has 0 amide bonds. The molecule has 4 nitrogen and oxygen atoms in total. The van der Waals surface area contributed by atoms with E-state index in [4.69, 9.17) is 14.2 Å². The molecule has 0 unspecified atom stereocenters. The minimum absolute atomic E-state index is 0.173. The van der Waals surface area contributed by atoms with E-state index < -0.39 is 0 Å². The van der Waals surface area contributed by atoms with Crippen LogP contribution < -0.4 is 14.2 Å². The number of phenols is 1. The van der Waals surface area contributed by atoms with Gasteiger partial charge in [0.1, 0.15) is 17.1 Å². The Labute approximate surface area is 135 Å². The highest BCUT2D eigenvalue weighted by atomic mass is 16.5. The molecule has 0 bridgehead atoms. The Balaban J connectivity index is 1.79. The van der Waals surface area contributed by atoms with Gasteiger partial charge < -0.3 is 19.3 Å². The third kappa shape index (κ3) is 1.97. The van der Waals surface area contributed by atoms with Crippen LogP contribution in [-0.2, 0) is 5.60 Å². The molecule has 1 saturated carbocycles. The Hall–Kier alpha value is -2.36. The van der Waals surface area contributed by atoms with Crippen molar-refractivity contribution in [3.05, 3.63) is 47.5 Å². The smallest absolute Gasteiger partial charge is 0.164 e. The molecule has 120 valence electrons. The van der Waals surface area contributed by atoms with Crippen molar-refractivity contribution in [2.75, 3.05) is 14.2 Å². The third-order valence-corrected chi connectivity index (χ3v) is 5.16. The number of ether oxygens (including phenoxy) is 3. The molecule has 2 aromatic rings. The van der Waals surface area contributed by atoms with Crippen LogP contribution in [0.3, 0.4) is 0 Å². The van der Waals surface area contributed by atoms with E-state index >= 15 is 0 Å². The van der Waals surface area contributed by atoms with Gasteiger partial charge >= 0.3 is 0 Å². The van der Waals surface area contributed by atoms with Gasteiger partial charge in [-0.1, -0.05) is 12.1 Å². The van der Waals surface area contributed by atoms with Crippen molar-refractivity contribution in [1.29, 1.82) is 0 Å². The van der Waals surface area contributed by atoms with E-state index in [1.54, 1.807) is 26.4 Å². The first kappa shape index (κ1) is 14.2. The molecular formula is C19H20O4. The molecule has 2 aromatic carbocycles. The fourth-order valence-corrected chi connectivity index (χ4v) is 4.07. The molecule has 0 saturated heterocycles. The number of fused-ring (bicyclic) bond motifs is 3. The maximum atomic E-state index is 10.1. The van der Waals surface area contributed by atoms with Crippen LogP contribution in [0.2, 0.25) is 0 Å². The van der Waals surface area contributed by atoms with Gasteiger partial charge in [-0.25, -0.2) is 0 Å². The van der Waals surface area contributed by atoms with E-state index in [2.05, 4.69) is 12.1 Å². The van der Waals surface area contributed by atoms with Crippen molar-refractivity contribution in [3.63, 3.8) is 0 Å². The van der Waals surface area contributed by atoms with E-state index in [0.29, 0.717) is 5.75 Å². The molecule has 2 aliphatic rings. The van der Waals surface area contributed by atoms with Gasteiger partial charge in [0, 0.05) is 17.5 Å². The maximum absolute atomic E-state index is 10.1. The average Bonchev–Trinajstić information content (AvgIpc) is 3.12. The lowest BCUT2D eigenvalue weighted by Gasteiger charge is -2.29. The summed E-state index contributed by atoms with van der Waals surface area (Å²) >= 11 is 0. The molecule has 4 heteroatoms. The Morgan fingerprint density at radius 1 is 1.13 bits per heavy atom. The van der Waals surface area contributed by atoms with Crippen molar-refractivity contribution in [2.24, 2.45) is 0 Å². The van der Waals surface area contributed by atoms with E-state index in [9.17, 15) is 5.11 Å². The van der Waals surface area contributed by atoms with E-state index in [1.807, 2.05) is 12.1 Å². The van der Waals surface area contributed by atoms with Gasteiger partial charge in [0.2, 0.25) is 0 Å². The predicted molar refractivity (Wildman–Crippen MR) is 86.6 cm³/mol. The summed E-state index contributed by atoms with van der Waals surface area (Å²) < 4.78 is 16.9. The second-order valence-electron chi connectivity index (χ2n) is 6.23. The van der Waals surface area contributed by atoms with Gasteiger partial charge in [-0.05, 0) is 43.0 Å². The summed E-state index contributed by atoms with van der Waals surface area (Å²) in [6.07, 6.45) is 3.15. The molecule has 0 radical (unpaired) electrons. The molecule has 1 heterocycles. The normalized spacial score (nSPS) is 24.7. The minimum Gasteiger partial charge on any atom is -0.504 e. The zero-order valence-electron chi connectivity index (χ0n) is 13.3. The molecule has 1 fully saturated rings. The zero-order valence-corrected chi connectivity index (χ0v) is 13.3. The molecule has 1 aliphatic carbocycles. The van der Waals surface area contributed by atoms with Gasteiger partial charge in [-0.2, -0.15) is 0 Å². The number of benzene rings is 2. The monoisotopic (exact) mass is 312 g/mol. The average molecular weight is 312 g/mol. The van der Waals surface area contributed by atoms with Crippen molar-refractivity contribution in [3.8, 4) is 23.0 Å². The lowest BCUT2D eigenvalue weighted by molar-refractivity contribution is 0.0838. The topological polar surface area (TPSA) is 47.9 Å². The van der Waals surface area contributed by atoms with Crippen LogP contribution in [0.4, 0.5) is 0 Å². The lowest BCUT2D eigenvalue weighted by Crippen LogP contribution is -2.30. The standard InChI is InChI=1S/C19H20O4/c1-21-13-7-5-12(6-8-13)19-9-3-4-15(19)14-10-16(20)18(22-2)11-17(14)23-19/h5-8,10-11,15,20H,3-4,9H2,1-2H3/t15-,19+/m1/s1. The fraction of sp³-hybridized carbons (Fsp3) is 0.368. The van der Waals surface area contributed by atoms with Gasteiger partial charge in [0.15, 0.2) is 11.5 Å². The van der Waals surface area contributed by atoms with Gasteiger partial charge in [0.25, 0.3) is 0 Å². The van der Waals surface area contributed by atoms with Crippen LogP contribution >= 0.6 is 0 Å². The van der Waals surface area contributed by atoms with Gasteiger partial charge in [0.05, 0.1) is 14.2 Å². The molecule has 0 spiro atoms. The molecule has 1 N–H and O–H groups in total. The molecule has 1 aliphatic heterocycles. The Bertz CT molecular complexity index is 738. The van der Waals surface area contributed by atoms with Gasteiger partial charge in [-0.3, -0.25) is 0 Å². The van der Waals surface area contributed by atoms with Crippen molar-refractivity contribution >= 4 is 0 Å². The number of aromatic hydroxyl groups is 1. The summed E-state index contributed by atoms with van der Waals surface area (Å²) in [7, 11) is 3.22. The number of phenolic OH excluding ortho intramolecular Hbond substituents is 1. The lowest BCUT2D eigenvalue weighted by atomic mass is 9.82. The quantitative estimate of drug-likeness (QED) is 0.932. The van der Waals surface area contributed by atoms with E-state index in [0.717, 1.165) is 41.9 Å². The molecule has 4 rings (SSSR count). The predicted octanol–water partition coefficient (Wildman–Crippen LogP) is 3.96. The highest BCUT2D eigenvalue weighted by molar-refractivity contribution is 5.56. The number of rotatable bonds is 3. The SMILES string of the molecule is COc1ccc([C@@]23CCC[C@@H]2c2cc(O)c(OC)cc2O3)cc1. The zero-order chi connectivity index (χ0) is 16.0. The summed E-state index contributed by atoms with van der Waals surface area (Å²) in [4.78, 5) is 0. The van der Waals surface area contributed by atoms with E-state index in [-0.39, 0.29) is 17.3 Å². The molecular weight excluding hydrogens is 292 g/mol. The second kappa shape index (κ2) is 5.08. The van der Waals surface area contributed by atoms with Gasteiger partial charge in [-0.15, -0.1) is 0 Å². The Morgan fingerprint density at radius 3 is 2.61 bits per heavy atom. The van der Waals surface area contributed by atoms with E-state index in [1.165, 1.54) is 0 Å². The first-order valence-corrected chi connectivity index (χ1v) is 7.92. The van der Waals surface area contributed by atoms with Crippen LogP contribution in [0.5, 0.6) is 23.0 Å². The van der Waals surface area contributed by atoms with Crippen molar-refractivity contribution in [2.45, 2.75) is 30.8 Å². The summed E-state index contributed by atoms with van der Waals surface area (Å²) in [6, 6.07) is 11.7. The number of methoxy groups -OCH3 is 2. The number of hydrogen-bond acceptors (Lipinski definition) is 4. The Morgan fingerprint density at radius 2 is 1.91 bits per heavy atom. The highest BCUT2D eigenvalue weighted by Crippen LogP contribution is 2.60. The molecule has 2 atom stereocenters. The number of hydrogen-bond donors (Lipinski definition) is 1. The summed E-state index contributed by atoms with van der Waals surface area (Å²) in [5, 5.41) is 10.1. The first-order chi connectivity index (χ1) is 11.2. The van der Waals surface area contributed by atoms with Crippen molar-refractivity contribution < 1.29 is 19.3 Å². The summed E-state index contributed by atoms with van der Waals surface area (Å²) in [6.45, 7) is 0. The summed E-state index contributed by atoms with van der Waals surface area (Å²) in [5.74, 6) is 2.55. The Kier molecular flexibility index (Phi) is 3.15. The van der Waals surface area contributed by atoms with Crippen LogP contribution in [0.15, 0.2) is 36.4 Å². The van der Waals surface area contributed by atoms with Crippen molar-refractivity contribution in [1.82, 2.24) is 0 Å². The maximum Gasteiger partial charge on any atom is 0.164 e. The molecule has 0 aromatic heterocycles. The van der Waals surface area contributed by atoms with Crippen LogP contribution in [-0.4, -0.2) is 19.3 Å². The molecule has 23 heavy (non-hydrogen) atoms. The van der Waals surface area contributed by atoms with Crippen LogP contribution in [0, 0.1) is 0 Å². The van der Waals surface area contributed by atoms with Crippen LogP contribution in [0.1, 0.15) is 36.3 Å². The highest BCUT2D eigenvalue weighted by Gasteiger charge is 2.53. The fourth-order valence-electron chi connectivity index (χ4n) is 4.07. The first-order valence-electron chi connectivity index (χ1n) is 7.92. The largest absolute Gasteiger partial charge is 0.504 e. The minimum atomic E-state index is -0.340. The summed E-state index contributed by atoms with van der Waals surface area (Å²) in [5.41, 5.74) is 1.90. The second-order valence-corrected chi connectivity index (χ2v) is 6.23. The van der Waals surface area contributed by atoms with Crippen LogP contribution in [0.25, 0.3) is 0 Å².